The molecular formula is C12H20N2O2. The Morgan fingerprint density at radius 2 is 2.25 bits per heavy atom. The molecule has 1 heterocycles. The Morgan fingerprint density at radius 3 is 2.94 bits per heavy atom. The molecule has 0 atom stereocenters. The summed E-state index contributed by atoms with van der Waals surface area (Å²) in [4.78, 5) is 4.30. The summed E-state index contributed by atoms with van der Waals surface area (Å²) in [6, 6.07) is 4.10. The Kier molecular flexibility index (Phi) is 6.72. The van der Waals surface area contributed by atoms with E-state index in [4.69, 9.17) is 9.84 Å². The van der Waals surface area contributed by atoms with Crippen LogP contribution in [0.5, 0.6) is 0 Å². The molecule has 0 aliphatic carbocycles. The lowest BCUT2D eigenvalue weighted by Crippen LogP contribution is -2.17. The second-order valence-electron chi connectivity index (χ2n) is 3.69. The molecule has 4 nitrogen and oxygen atoms in total. The van der Waals surface area contributed by atoms with Crippen LogP contribution >= 0.6 is 0 Å². The zero-order valence-corrected chi connectivity index (χ0v) is 9.78. The first kappa shape index (κ1) is 13.1. The second-order valence-corrected chi connectivity index (χ2v) is 3.69. The molecule has 1 rings (SSSR count). The molecule has 0 saturated carbocycles. The van der Waals surface area contributed by atoms with Gasteiger partial charge in [-0.1, -0.05) is 6.07 Å². The third-order valence-corrected chi connectivity index (χ3v) is 2.16. The van der Waals surface area contributed by atoms with Crippen LogP contribution in [0.1, 0.15) is 17.7 Å². The van der Waals surface area contributed by atoms with Crippen molar-refractivity contribution in [3.63, 3.8) is 0 Å². The van der Waals surface area contributed by atoms with Crippen molar-refractivity contribution >= 4 is 0 Å². The molecule has 0 aliphatic rings. The fourth-order valence-electron chi connectivity index (χ4n) is 1.29. The van der Waals surface area contributed by atoms with Crippen molar-refractivity contribution in [2.24, 2.45) is 0 Å². The Bertz CT molecular complexity index is 275. The van der Waals surface area contributed by atoms with Crippen molar-refractivity contribution in [1.29, 1.82) is 0 Å². The van der Waals surface area contributed by atoms with Crippen molar-refractivity contribution in [2.75, 3.05) is 26.4 Å². The quantitative estimate of drug-likeness (QED) is 0.644. The van der Waals surface area contributed by atoms with E-state index in [-0.39, 0.29) is 6.61 Å². The van der Waals surface area contributed by atoms with E-state index >= 15 is 0 Å². The average molecular weight is 224 g/mol. The van der Waals surface area contributed by atoms with Gasteiger partial charge in [-0.2, -0.15) is 0 Å². The molecule has 0 aliphatic heterocycles. The second kappa shape index (κ2) is 8.21. The molecule has 2 N–H and O–H groups in total. The summed E-state index contributed by atoms with van der Waals surface area (Å²) in [6.45, 7) is 4.94. The van der Waals surface area contributed by atoms with Gasteiger partial charge in [0.2, 0.25) is 0 Å². The number of aliphatic hydroxyl groups is 1. The smallest absolute Gasteiger partial charge is 0.0697 e. The molecule has 0 aromatic carbocycles. The summed E-state index contributed by atoms with van der Waals surface area (Å²) in [5.74, 6) is 0. The van der Waals surface area contributed by atoms with Crippen LogP contribution in [-0.2, 0) is 11.3 Å². The van der Waals surface area contributed by atoms with Gasteiger partial charge in [0.15, 0.2) is 0 Å². The van der Waals surface area contributed by atoms with Gasteiger partial charge in [0.25, 0.3) is 0 Å². The van der Waals surface area contributed by atoms with Crippen molar-refractivity contribution in [3.05, 3.63) is 29.6 Å². The Morgan fingerprint density at radius 1 is 1.38 bits per heavy atom. The maximum Gasteiger partial charge on any atom is 0.0697 e. The van der Waals surface area contributed by atoms with E-state index in [1.807, 2.05) is 19.2 Å². The van der Waals surface area contributed by atoms with Crippen LogP contribution in [0.3, 0.4) is 0 Å². The van der Waals surface area contributed by atoms with E-state index in [0.717, 1.165) is 25.2 Å². The van der Waals surface area contributed by atoms with E-state index in [9.17, 15) is 0 Å². The van der Waals surface area contributed by atoms with E-state index in [2.05, 4.69) is 16.4 Å². The maximum atomic E-state index is 8.49. The fraction of sp³-hybridized carbons (Fsp3) is 0.583. The molecule has 0 radical (unpaired) electrons. The standard InChI is InChI=1S/C12H20N2O2/c1-11-3-4-12(14-9-11)10-13-5-2-7-16-8-6-15/h3-4,9,13,15H,2,5-8,10H2,1H3. The van der Waals surface area contributed by atoms with E-state index in [1.54, 1.807) is 0 Å². The molecule has 16 heavy (non-hydrogen) atoms. The van der Waals surface area contributed by atoms with Crippen LogP contribution in [0, 0.1) is 6.92 Å². The number of aryl methyl sites for hydroxylation is 1. The minimum atomic E-state index is 0.0979. The molecule has 4 heteroatoms. The van der Waals surface area contributed by atoms with Crippen molar-refractivity contribution < 1.29 is 9.84 Å². The van der Waals surface area contributed by atoms with Crippen molar-refractivity contribution in [3.8, 4) is 0 Å². The highest BCUT2D eigenvalue weighted by molar-refractivity contribution is 5.11. The number of nitrogens with zero attached hydrogens (tertiary/aromatic N) is 1. The van der Waals surface area contributed by atoms with Gasteiger partial charge in [0, 0.05) is 19.3 Å². The summed E-state index contributed by atoms with van der Waals surface area (Å²) in [5.41, 5.74) is 2.24. The van der Waals surface area contributed by atoms with Gasteiger partial charge in [0.1, 0.15) is 0 Å². The van der Waals surface area contributed by atoms with E-state index < -0.39 is 0 Å². The topological polar surface area (TPSA) is 54.4 Å². The first-order valence-electron chi connectivity index (χ1n) is 5.64. The predicted molar refractivity (Wildman–Crippen MR) is 63.2 cm³/mol. The van der Waals surface area contributed by atoms with E-state index in [0.29, 0.717) is 13.2 Å². The Labute approximate surface area is 96.7 Å². The molecule has 90 valence electrons. The number of rotatable bonds is 8. The molecule has 0 spiro atoms. The highest BCUT2D eigenvalue weighted by atomic mass is 16.5. The lowest BCUT2D eigenvalue weighted by Gasteiger charge is -2.05. The third-order valence-electron chi connectivity index (χ3n) is 2.16. The third kappa shape index (κ3) is 5.80. The van der Waals surface area contributed by atoms with Crippen LogP contribution in [-0.4, -0.2) is 36.5 Å². The molecule has 0 unspecified atom stereocenters. The summed E-state index contributed by atoms with van der Waals surface area (Å²) in [6.07, 6.45) is 2.83. The lowest BCUT2D eigenvalue weighted by atomic mass is 10.3. The number of nitrogens with one attached hydrogen (secondary N) is 1. The number of aliphatic hydroxyl groups excluding tert-OH is 1. The van der Waals surface area contributed by atoms with Crippen molar-refractivity contribution in [1.82, 2.24) is 10.3 Å². The van der Waals surface area contributed by atoms with Gasteiger partial charge in [-0.05, 0) is 31.5 Å². The van der Waals surface area contributed by atoms with Crippen LogP contribution < -0.4 is 5.32 Å². The first-order chi connectivity index (χ1) is 7.83. The van der Waals surface area contributed by atoms with Gasteiger partial charge in [0.05, 0.1) is 18.9 Å². The molecule has 0 bridgehead atoms. The molecule has 1 aromatic heterocycles. The monoisotopic (exact) mass is 224 g/mol. The van der Waals surface area contributed by atoms with Crippen LogP contribution in [0.25, 0.3) is 0 Å². The summed E-state index contributed by atoms with van der Waals surface area (Å²) in [5, 5.41) is 11.8. The molecular weight excluding hydrogens is 204 g/mol. The molecule has 0 amide bonds. The predicted octanol–water partition coefficient (Wildman–Crippen LogP) is 0.879. The Balaban J connectivity index is 2.01. The number of ether oxygens (including phenoxy) is 1. The number of hydrogen-bond acceptors (Lipinski definition) is 4. The van der Waals surface area contributed by atoms with Gasteiger partial charge in [-0.25, -0.2) is 0 Å². The minimum absolute atomic E-state index is 0.0979. The van der Waals surface area contributed by atoms with Gasteiger partial charge in [-0.3, -0.25) is 4.98 Å². The van der Waals surface area contributed by atoms with Crippen LogP contribution in [0.2, 0.25) is 0 Å². The summed E-state index contributed by atoms with van der Waals surface area (Å²) in [7, 11) is 0. The summed E-state index contributed by atoms with van der Waals surface area (Å²) >= 11 is 0. The highest BCUT2D eigenvalue weighted by Crippen LogP contribution is 1.97. The van der Waals surface area contributed by atoms with E-state index in [1.165, 1.54) is 5.56 Å². The zero-order chi connectivity index (χ0) is 11.6. The fourth-order valence-corrected chi connectivity index (χ4v) is 1.29. The molecule has 0 saturated heterocycles. The van der Waals surface area contributed by atoms with Gasteiger partial charge >= 0.3 is 0 Å². The number of hydrogen-bond donors (Lipinski definition) is 2. The van der Waals surface area contributed by atoms with Gasteiger partial charge in [-0.15, -0.1) is 0 Å². The van der Waals surface area contributed by atoms with Crippen LogP contribution in [0.4, 0.5) is 0 Å². The average Bonchev–Trinajstić information content (AvgIpc) is 2.30. The number of aromatic nitrogens is 1. The first-order valence-corrected chi connectivity index (χ1v) is 5.64. The SMILES string of the molecule is Cc1ccc(CNCCCOCCO)nc1. The Hall–Kier alpha value is -0.970. The molecule has 0 fully saturated rings. The van der Waals surface area contributed by atoms with Crippen molar-refractivity contribution in [2.45, 2.75) is 19.9 Å². The largest absolute Gasteiger partial charge is 0.394 e. The van der Waals surface area contributed by atoms with Crippen LogP contribution in [0.15, 0.2) is 18.3 Å². The highest BCUT2D eigenvalue weighted by Gasteiger charge is 1.93. The summed E-state index contributed by atoms with van der Waals surface area (Å²) < 4.78 is 5.15. The lowest BCUT2D eigenvalue weighted by molar-refractivity contribution is 0.0907. The maximum absolute atomic E-state index is 8.49. The molecule has 1 aromatic rings. The number of pyridine rings is 1. The normalized spacial score (nSPS) is 10.6. The zero-order valence-electron chi connectivity index (χ0n) is 9.78. The van der Waals surface area contributed by atoms with Gasteiger partial charge < -0.3 is 15.2 Å². The minimum Gasteiger partial charge on any atom is -0.394 e.